The predicted molar refractivity (Wildman–Crippen MR) is 77.1 cm³/mol. The fraction of sp³-hybridized carbons (Fsp3) is 0.562. The van der Waals surface area contributed by atoms with Crippen LogP contribution in [0.3, 0.4) is 0 Å². The molecule has 0 spiro atoms. The Kier molecular flexibility index (Phi) is 2.81. The van der Waals surface area contributed by atoms with E-state index in [1.807, 2.05) is 6.07 Å². The molecule has 2 atom stereocenters. The fourth-order valence-electron chi connectivity index (χ4n) is 3.56. The number of hydrogen-bond acceptors (Lipinski definition) is 2. The highest BCUT2D eigenvalue weighted by Gasteiger charge is 2.34. The molecular weight excluding hydrogens is 253 g/mol. The number of hydrogen-bond donors (Lipinski definition) is 1. The third-order valence-corrected chi connectivity index (χ3v) is 4.76. The molecule has 2 N–H and O–H groups in total. The van der Waals surface area contributed by atoms with Gasteiger partial charge in [-0.25, -0.2) is 9.37 Å². The van der Waals surface area contributed by atoms with Crippen molar-refractivity contribution < 1.29 is 4.39 Å². The van der Waals surface area contributed by atoms with Gasteiger partial charge in [0, 0.05) is 18.0 Å². The number of nitrogens with zero attached hydrogens (tertiary/aromatic N) is 2. The third kappa shape index (κ3) is 1.85. The summed E-state index contributed by atoms with van der Waals surface area (Å²) in [7, 11) is 0. The van der Waals surface area contributed by atoms with Crippen molar-refractivity contribution in [3.63, 3.8) is 0 Å². The van der Waals surface area contributed by atoms with E-state index in [1.54, 1.807) is 6.07 Å². The van der Waals surface area contributed by atoms with E-state index in [9.17, 15) is 4.39 Å². The van der Waals surface area contributed by atoms with Gasteiger partial charge in [0.1, 0.15) is 11.3 Å². The van der Waals surface area contributed by atoms with Crippen LogP contribution in [0, 0.1) is 5.82 Å². The van der Waals surface area contributed by atoms with Gasteiger partial charge in [-0.3, -0.25) is 0 Å². The first-order chi connectivity index (χ1) is 9.75. The molecule has 0 radical (unpaired) electrons. The maximum atomic E-state index is 14.0. The zero-order chi connectivity index (χ0) is 13.7. The van der Waals surface area contributed by atoms with E-state index in [2.05, 4.69) is 9.55 Å². The Hall–Kier alpha value is -1.42. The molecule has 4 heteroatoms. The summed E-state index contributed by atoms with van der Waals surface area (Å²) in [5, 5.41) is 0. The van der Waals surface area contributed by atoms with Crippen molar-refractivity contribution in [2.45, 2.75) is 56.5 Å². The van der Waals surface area contributed by atoms with Crippen LogP contribution in [-0.2, 0) is 0 Å². The molecule has 2 fully saturated rings. The van der Waals surface area contributed by atoms with Crippen LogP contribution in [0.1, 0.15) is 56.3 Å². The van der Waals surface area contributed by atoms with E-state index in [0.717, 1.165) is 24.2 Å². The maximum absolute atomic E-state index is 14.0. The molecule has 2 aliphatic carbocycles. The third-order valence-electron chi connectivity index (χ3n) is 4.76. The number of benzene rings is 1. The largest absolute Gasteiger partial charge is 0.327 e. The minimum Gasteiger partial charge on any atom is -0.327 e. The lowest BCUT2D eigenvalue weighted by atomic mass is 9.84. The topological polar surface area (TPSA) is 43.8 Å². The lowest BCUT2D eigenvalue weighted by molar-refractivity contribution is 0.365. The minimum absolute atomic E-state index is 0.168. The summed E-state index contributed by atoms with van der Waals surface area (Å²) >= 11 is 0. The minimum atomic E-state index is -0.215. The van der Waals surface area contributed by atoms with E-state index in [-0.39, 0.29) is 17.8 Å². The lowest BCUT2D eigenvalue weighted by Gasteiger charge is -2.28. The molecule has 106 valence electrons. The lowest BCUT2D eigenvalue weighted by Crippen LogP contribution is -2.33. The Morgan fingerprint density at radius 3 is 2.70 bits per heavy atom. The molecule has 0 saturated heterocycles. The smallest absolute Gasteiger partial charge is 0.151 e. The maximum Gasteiger partial charge on any atom is 0.151 e. The zero-order valence-corrected chi connectivity index (χ0v) is 11.6. The highest BCUT2D eigenvalue weighted by atomic mass is 19.1. The van der Waals surface area contributed by atoms with E-state index in [4.69, 9.17) is 5.73 Å². The van der Waals surface area contributed by atoms with Crippen molar-refractivity contribution in [3.8, 4) is 0 Å². The van der Waals surface area contributed by atoms with Crippen molar-refractivity contribution in [2.24, 2.45) is 5.73 Å². The highest BCUT2D eigenvalue weighted by molar-refractivity contribution is 5.77. The van der Waals surface area contributed by atoms with Crippen LogP contribution in [0.15, 0.2) is 18.2 Å². The van der Waals surface area contributed by atoms with Crippen LogP contribution in [0.4, 0.5) is 4.39 Å². The molecule has 4 rings (SSSR count). The van der Waals surface area contributed by atoms with Crippen molar-refractivity contribution in [1.82, 2.24) is 9.55 Å². The van der Waals surface area contributed by atoms with Gasteiger partial charge in [0.05, 0.1) is 5.52 Å². The SMILES string of the molecule is NC1CCCCC1c1nc2c(F)cccc2n1C1CC1. The molecule has 2 unspecified atom stereocenters. The summed E-state index contributed by atoms with van der Waals surface area (Å²) in [6.07, 6.45) is 6.90. The second-order valence-corrected chi connectivity index (χ2v) is 6.23. The quantitative estimate of drug-likeness (QED) is 0.910. The molecular formula is C16H20FN3. The molecule has 2 aromatic rings. The van der Waals surface area contributed by atoms with Gasteiger partial charge in [-0.15, -0.1) is 0 Å². The van der Waals surface area contributed by atoms with Crippen LogP contribution in [0.25, 0.3) is 11.0 Å². The van der Waals surface area contributed by atoms with Gasteiger partial charge in [0.15, 0.2) is 5.82 Å². The van der Waals surface area contributed by atoms with Crippen LogP contribution >= 0.6 is 0 Å². The molecule has 0 bridgehead atoms. The normalized spacial score (nSPS) is 27.1. The van der Waals surface area contributed by atoms with Crippen molar-refractivity contribution >= 4 is 11.0 Å². The van der Waals surface area contributed by atoms with E-state index in [1.165, 1.54) is 31.7 Å². The summed E-state index contributed by atoms with van der Waals surface area (Å²) < 4.78 is 16.3. The number of nitrogens with two attached hydrogens (primary N) is 1. The Balaban J connectivity index is 1.89. The van der Waals surface area contributed by atoms with Crippen LogP contribution in [-0.4, -0.2) is 15.6 Å². The standard InChI is InChI=1S/C16H20FN3/c17-12-5-3-7-14-15(12)19-16(20(14)10-8-9-10)11-4-1-2-6-13(11)18/h3,5,7,10-11,13H,1-2,4,6,8-9,18H2. The number of fused-ring (bicyclic) bond motifs is 1. The predicted octanol–water partition coefficient (Wildman–Crippen LogP) is 3.50. The van der Waals surface area contributed by atoms with Crippen molar-refractivity contribution in [2.75, 3.05) is 0 Å². The second kappa shape index (κ2) is 4.55. The average molecular weight is 273 g/mol. The van der Waals surface area contributed by atoms with Gasteiger partial charge in [-0.2, -0.15) is 0 Å². The zero-order valence-electron chi connectivity index (χ0n) is 11.6. The number of halogens is 1. The van der Waals surface area contributed by atoms with Crippen molar-refractivity contribution in [1.29, 1.82) is 0 Å². The molecule has 20 heavy (non-hydrogen) atoms. The molecule has 3 nitrogen and oxygen atoms in total. The van der Waals surface area contributed by atoms with Gasteiger partial charge >= 0.3 is 0 Å². The summed E-state index contributed by atoms with van der Waals surface area (Å²) in [5.74, 6) is 1.10. The number of para-hydroxylation sites is 1. The molecule has 1 heterocycles. The average Bonchev–Trinajstić information content (AvgIpc) is 3.20. The summed E-state index contributed by atoms with van der Waals surface area (Å²) in [6, 6.07) is 5.94. The first kappa shape index (κ1) is 12.3. The van der Waals surface area contributed by atoms with Gasteiger partial charge in [0.2, 0.25) is 0 Å². The van der Waals surface area contributed by atoms with Gasteiger partial charge < -0.3 is 10.3 Å². The summed E-state index contributed by atoms with van der Waals surface area (Å²) in [4.78, 5) is 4.66. The van der Waals surface area contributed by atoms with Gasteiger partial charge in [-0.1, -0.05) is 18.9 Å². The van der Waals surface area contributed by atoms with E-state index >= 15 is 0 Å². The number of rotatable bonds is 2. The molecule has 1 aromatic heterocycles. The summed E-state index contributed by atoms with van der Waals surface area (Å²) in [5.41, 5.74) is 7.78. The molecule has 1 aromatic carbocycles. The monoisotopic (exact) mass is 273 g/mol. The van der Waals surface area contributed by atoms with E-state index < -0.39 is 0 Å². The Morgan fingerprint density at radius 1 is 1.15 bits per heavy atom. The molecule has 0 aliphatic heterocycles. The first-order valence-electron chi connectivity index (χ1n) is 7.67. The van der Waals surface area contributed by atoms with Crippen LogP contribution < -0.4 is 5.73 Å². The van der Waals surface area contributed by atoms with Gasteiger partial charge in [-0.05, 0) is 37.8 Å². The molecule has 2 aliphatic rings. The highest BCUT2D eigenvalue weighted by Crippen LogP contribution is 2.42. The Labute approximate surface area is 118 Å². The summed E-state index contributed by atoms with van der Waals surface area (Å²) in [6.45, 7) is 0. The Morgan fingerprint density at radius 2 is 1.95 bits per heavy atom. The number of aromatic nitrogens is 2. The second-order valence-electron chi connectivity index (χ2n) is 6.23. The fourth-order valence-corrected chi connectivity index (χ4v) is 3.56. The Bertz CT molecular complexity index is 644. The first-order valence-corrected chi connectivity index (χ1v) is 7.67. The van der Waals surface area contributed by atoms with Gasteiger partial charge in [0.25, 0.3) is 0 Å². The van der Waals surface area contributed by atoms with Crippen LogP contribution in [0.5, 0.6) is 0 Å². The number of imidazole rings is 1. The molecule has 0 amide bonds. The van der Waals surface area contributed by atoms with Crippen molar-refractivity contribution in [3.05, 3.63) is 29.8 Å². The molecule has 2 saturated carbocycles. The van der Waals surface area contributed by atoms with E-state index in [0.29, 0.717) is 11.6 Å². The van der Waals surface area contributed by atoms with Crippen LogP contribution in [0.2, 0.25) is 0 Å².